The van der Waals surface area contributed by atoms with E-state index in [2.05, 4.69) is 33.9 Å². The molecule has 5 nitrogen and oxygen atoms in total. The van der Waals surface area contributed by atoms with Crippen LogP contribution in [0, 0.1) is 11.3 Å². The van der Waals surface area contributed by atoms with Gasteiger partial charge in [0.15, 0.2) is 6.10 Å². The molecule has 0 aromatic carbocycles. The molecule has 0 N–H and O–H groups in total. The van der Waals surface area contributed by atoms with Gasteiger partial charge in [0.05, 0.1) is 24.6 Å². The van der Waals surface area contributed by atoms with E-state index in [4.69, 9.17) is 21.6 Å². The topological polar surface area (TPSA) is 62.0 Å². The SMILES string of the molecule is CCc1cc2c(N3CCOC(C#N)C3)nc(Cl)nc2s1. The van der Waals surface area contributed by atoms with E-state index in [1.807, 2.05) is 0 Å². The zero-order valence-corrected chi connectivity index (χ0v) is 12.5. The van der Waals surface area contributed by atoms with Gasteiger partial charge in [-0.2, -0.15) is 10.2 Å². The van der Waals surface area contributed by atoms with Crippen LogP contribution in [0.1, 0.15) is 11.8 Å². The maximum Gasteiger partial charge on any atom is 0.225 e. The summed E-state index contributed by atoms with van der Waals surface area (Å²) in [6.45, 7) is 3.85. The van der Waals surface area contributed by atoms with E-state index < -0.39 is 6.10 Å². The second kappa shape index (κ2) is 5.52. The van der Waals surface area contributed by atoms with Crippen LogP contribution < -0.4 is 4.90 Å². The summed E-state index contributed by atoms with van der Waals surface area (Å²) in [4.78, 5) is 12.9. The molecule has 0 aliphatic carbocycles. The molecule has 1 aliphatic heterocycles. The maximum atomic E-state index is 9.01. The predicted molar refractivity (Wildman–Crippen MR) is 79.4 cm³/mol. The number of halogens is 1. The zero-order valence-electron chi connectivity index (χ0n) is 11.0. The van der Waals surface area contributed by atoms with Crippen molar-refractivity contribution < 1.29 is 4.74 Å². The largest absolute Gasteiger partial charge is 0.360 e. The molecule has 1 saturated heterocycles. The lowest BCUT2D eigenvalue weighted by atomic mass is 10.2. The smallest absolute Gasteiger partial charge is 0.225 e. The molecule has 0 radical (unpaired) electrons. The summed E-state index contributed by atoms with van der Waals surface area (Å²) in [7, 11) is 0. The molecule has 104 valence electrons. The van der Waals surface area contributed by atoms with Crippen molar-refractivity contribution in [2.45, 2.75) is 19.4 Å². The number of hydrogen-bond acceptors (Lipinski definition) is 6. The lowest BCUT2D eigenvalue weighted by Gasteiger charge is -2.30. The van der Waals surface area contributed by atoms with Gasteiger partial charge in [-0.25, -0.2) is 4.98 Å². The molecule has 3 rings (SSSR count). The Morgan fingerprint density at radius 2 is 2.45 bits per heavy atom. The summed E-state index contributed by atoms with van der Waals surface area (Å²) < 4.78 is 5.37. The Bertz CT molecular complexity index is 681. The second-order valence-electron chi connectivity index (χ2n) is 4.54. The summed E-state index contributed by atoms with van der Waals surface area (Å²) in [6.07, 6.45) is 0.541. The molecule has 2 aromatic heterocycles. The fourth-order valence-electron chi connectivity index (χ4n) is 2.27. The van der Waals surface area contributed by atoms with Gasteiger partial charge in [0.2, 0.25) is 5.28 Å². The number of nitrogens with zero attached hydrogens (tertiary/aromatic N) is 4. The Kier molecular flexibility index (Phi) is 3.74. The Morgan fingerprint density at radius 1 is 1.60 bits per heavy atom. The summed E-state index contributed by atoms with van der Waals surface area (Å²) in [5, 5.41) is 10.3. The van der Waals surface area contributed by atoms with E-state index in [9.17, 15) is 0 Å². The number of rotatable bonds is 2. The van der Waals surface area contributed by atoms with Crippen molar-refractivity contribution >= 4 is 39.0 Å². The highest BCUT2D eigenvalue weighted by molar-refractivity contribution is 7.18. The van der Waals surface area contributed by atoms with Crippen LogP contribution in [0.3, 0.4) is 0 Å². The molecule has 1 unspecified atom stereocenters. The van der Waals surface area contributed by atoms with E-state index >= 15 is 0 Å². The fraction of sp³-hybridized carbons (Fsp3) is 0.462. The van der Waals surface area contributed by atoms with Gasteiger partial charge < -0.3 is 9.64 Å². The molecule has 3 heterocycles. The van der Waals surface area contributed by atoms with E-state index in [-0.39, 0.29) is 5.28 Å². The van der Waals surface area contributed by atoms with Crippen LogP contribution in [0.2, 0.25) is 5.28 Å². The first-order chi connectivity index (χ1) is 9.71. The number of fused-ring (bicyclic) bond motifs is 1. The van der Waals surface area contributed by atoms with E-state index in [0.29, 0.717) is 19.7 Å². The zero-order chi connectivity index (χ0) is 14.1. The molecule has 0 spiro atoms. The summed E-state index contributed by atoms with van der Waals surface area (Å²) in [5.41, 5.74) is 0. The molecule has 20 heavy (non-hydrogen) atoms. The Hall–Kier alpha value is -1.42. The second-order valence-corrected chi connectivity index (χ2v) is 5.99. The molecular formula is C13H13ClN4OS. The van der Waals surface area contributed by atoms with Gasteiger partial charge >= 0.3 is 0 Å². The third kappa shape index (κ3) is 2.44. The van der Waals surface area contributed by atoms with Gasteiger partial charge in [0.25, 0.3) is 0 Å². The Labute approximate surface area is 125 Å². The van der Waals surface area contributed by atoms with E-state index in [1.165, 1.54) is 4.88 Å². The standard InChI is InChI=1S/C13H13ClN4OS/c1-2-9-5-10-11(16-13(14)17-12(10)20-9)18-3-4-19-8(6-15)7-18/h5,8H,2-4,7H2,1H3. The molecule has 1 atom stereocenters. The molecule has 1 fully saturated rings. The minimum atomic E-state index is -0.420. The molecule has 7 heteroatoms. The molecule has 0 bridgehead atoms. The minimum absolute atomic E-state index is 0.247. The van der Waals surface area contributed by atoms with E-state index in [0.717, 1.165) is 22.5 Å². The van der Waals surface area contributed by atoms with Gasteiger partial charge in [-0.05, 0) is 24.1 Å². The number of hydrogen-bond donors (Lipinski definition) is 0. The highest BCUT2D eigenvalue weighted by atomic mass is 35.5. The van der Waals surface area contributed by atoms with Crippen LogP contribution >= 0.6 is 22.9 Å². The number of anilines is 1. The lowest BCUT2D eigenvalue weighted by Crippen LogP contribution is -2.42. The van der Waals surface area contributed by atoms with Crippen LogP contribution in [0.5, 0.6) is 0 Å². The number of aromatic nitrogens is 2. The first-order valence-electron chi connectivity index (χ1n) is 6.43. The van der Waals surface area contributed by atoms with Crippen LogP contribution in [-0.2, 0) is 11.2 Å². The van der Waals surface area contributed by atoms with Crippen molar-refractivity contribution in [3.05, 3.63) is 16.2 Å². The van der Waals surface area contributed by atoms with Gasteiger partial charge in [-0.3, -0.25) is 0 Å². The molecule has 0 saturated carbocycles. The highest BCUT2D eigenvalue weighted by Gasteiger charge is 2.24. The average Bonchev–Trinajstić information content (AvgIpc) is 2.89. The summed E-state index contributed by atoms with van der Waals surface area (Å²) >= 11 is 7.66. The number of morpholine rings is 1. The van der Waals surface area contributed by atoms with Gasteiger partial charge in [0, 0.05) is 11.4 Å². The summed E-state index contributed by atoms with van der Waals surface area (Å²) in [6, 6.07) is 4.26. The van der Waals surface area contributed by atoms with Crippen LogP contribution in [0.4, 0.5) is 5.82 Å². The monoisotopic (exact) mass is 308 g/mol. The van der Waals surface area contributed by atoms with E-state index in [1.54, 1.807) is 11.3 Å². The first kappa shape index (κ1) is 13.6. The van der Waals surface area contributed by atoms with Crippen molar-refractivity contribution in [2.24, 2.45) is 0 Å². The van der Waals surface area contributed by atoms with Crippen molar-refractivity contribution in [1.82, 2.24) is 9.97 Å². The fourth-order valence-corrected chi connectivity index (χ4v) is 3.44. The molecule has 0 amide bonds. The van der Waals surface area contributed by atoms with Gasteiger partial charge in [0.1, 0.15) is 10.6 Å². The third-order valence-corrected chi connectivity index (χ3v) is 4.60. The highest BCUT2D eigenvalue weighted by Crippen LogP contribution is 2.32. The Morgan fingerprint density at radius 3 is 3.20 bits per heavy atom. The maximum absolute atomic E-state index is 9.01. The van der Waals surface area contributed by atoms with Crippen molar-refractivity contribution in [2.75, 3.05) is 24.6 Å². The number of thiophene rings is 1. The Balaban J connectivity index is 2.05. The minimum Gasteiger partial charge on any atom is -0.360 e. The molecule has 2 aromatic rings. The third-order valence-electron chi connectivity index (χ3n) is 3.25. The molecular weight excluding hydrogens is 296 g/mol. The number of aryl methyl sites for hydroxylation is 1. The predicted octanol–water partition coefficient (Wildman–Crippen LogP) is 2.64. The van der Waals surface area contributed by atoms with Crippen LogP contribution in [-0.4, -0.2) is 35.8 Å². The first-order valence-corrected chi connectivity index (χ1v) is 7.63. The lowest BCUT2D eigenvalue weighted by molar-refractivity contribution is 0.0762. The quantitative estimate of drug-likeness (QED) is 0.798. The molecule has 1 aliphatic rings. The van der Waals surface area contributed by atoms with Crippen molar-refractivity contribution in [3.8, 4) is 6.07 Å². The number of ether oxygens (including phenoxy) is 1. The average molecular weight is 309 g/mol. The summed E-state index contributed by atoms with van der Waals surface area (Å²) in [5.74, 6) is 0.805. The normalized spacial score (nSPS) is 19.2. The van der Waals surface area contributed by atoms with Gasteiger partial charge in [-0.1, -0.05) is 6.92 Å². The van der Waals surface area contributed by atoms with Crippen LogP contribution in [0.15, 0.2) is 6.07 Å². The number of nitriles is 1. The van der Waals surface area contributed by atoms with Crippen molar-refractivity contribution in [1.29, 1.82) is 5.26 Å². The van der Waals surface area contributed by atoms with Crippen molar-refractivity contribution in [3.63, 3.8) is 0 Å². The van der Waals surface area contributed by atoms with Gasteiger partial charge in [-0.15, -0.1) is 11.3 Å². The van der Waals surface area contributed by atoms with Crippen LogP contribution in [0.25, 0.3) is 10.2 Å².